The number of aliphatic carboxylic acids is 1. The van der Waals surface area contributed by atoms with Crippen LogP contribution in [0.3, 0.4) is 0 Å². The van der Waals surface area contributed by atoms with Crippen LogP contribution < -0.4 is 0 Å². The molecule has 1 aliphatic rings. The summed E-state index contributed by atoms with van der Waals surface area (Å²) < 4.78 is 24.0. The molecule has 0 saturated heterocycles. The summed E-state index contributed by atoms with van der Waals surface area (Å²) in [5.74, 6) is -0.570. The summed E-state index contributed by atoms with van der Waals surface area (Å²) in [4.78, 5) is 10.8. The van der Waals surface area contributed by atoms with Gasteiger partial charge in [0.15, 0.2) is 9.84 Å². The van der Waals surface area contributed by atoms with Crippen LogP contribution in [0.25, 0.3) is 0 Å². The van der Waals surface area contributed by atoms with Crippen LogP contribution in [0, 0.1) is 5.92 Å². The Kier molecular flexibility index (Phi) is 3.64. The summed E-state index contributed by atoms with van der Waals surface area (Å²) in [5.41, 5.74) is 0.425. The number of rotatable bonds is 5. The lowest BCUT2D eigenvalue weighted by Crippen LogP contribution is -2.09. The number of sulfone groups is 1. The zero-order chi connectivity index (χ0) is 13.3. The quantitative estimate of drug-likeness (QED) is 0.901. The first-order valence-electron chi connectivity index (χ1n) is 5.61. The molecule has 98 valence electrons. The second-order valence-corrected chi connectivity index (χ2v) is 6.99. The zero-order valence-electron chi connectivity index (χ0n) is 9.60. The number of halogens is 1. The van der Waals surface area contributed by atoms with Crippen molar-refractivity contribution in [2.24, 2.45) is 5.92 Å². The van der Waals surface area contributed by atoms with Gasteiger partial charge in [0.25, 0.3) is 0 Å². The van der Waals surface area contributed by atoms with Gasteiger partial charge in [-0.3, -0.25) is 4.79 Å². The van der Waals surface area contributed by atoms with Crippen molar-refractivity contribution in [1.82, 2.24) is 0 Å². The predicted molar refractivity (Wildman–Crippen MR) is 67.6 cm³/mol. The van der Waals surface area contributed by atoms with E-state index in [2.05, 4.69) is 0 Å². The fraction of sp³-hybridized carbons (Fsp3) is 0.417. The van der Waals surface area contributed by atoms with E-state index in [1.165, 1.54) is 18.2 Å². The average Bonchev–Trinajstić information content (AvgIpc) is 3.03. The Labute approximate surface area is 110 Å². The van der Waals surface area contributed by atoms with Gasteiger partial charge in [0.05, 0.1) is 17.1 Å². The van der Waals surface area contributed by atoms with Gasteiger partial charge >= 0.3 is 5.97 Å². The first kappa shape index (κ1) is 13.4. The Bertz CT molecular complexity index is 576. The Balaban J connectivity index is 2.24. The molecule has 0 aromatic heterocycles. The van der Waals surface area contributed by atoms with Crippen molar-refractivity contribution in [3.05, 3.63) is 28.8 Å². The maximum Gasteiger partial charge on any atom is 0.307 e. The highest BCUT2D eigenvalue weighted by molar-refractivity contribution is 7.91. The largest absolute Gasteiger partial charge is 0.481 e. The minimum atomic E-state index is -3.30. The Morgan fingerprint density at radius 3 is 2.56 bits per heavy atom. The maximum absolute atomic E-state index is 12.0. The number of carboxylic acid groups (broad SMARTS) is 1. The number of carbonyl (C=O) groups is 1. The van der Waals surface area contributed by atoms with Crippen LogP contribution >= 0.6 is 11.6 Å². The Hall–Kier alpha value is -1.07. The fourth-order valence-electron chi connectivity index (χ4n) is 1.72. The lowest BCUT2D eigenvalue weighted by Gasteiger charge is -2.06. The molecule has 1 aliphatic carbocycles. The van der Waals surface area contributed by atoms with Crippen molar-refractivity contribution in [2.45, 2.75) is 24.2 Å². The van der Waals surface area contributed by atoms with Crippen LogP contribution in [-0.2, 0) is 21.1 Å². The average molecular weight is 289 g/mol. The zero-order valence-corrected chi connectivity index (χ0v) is 11.2. The van der Waals surface area contributed by atoms with E-state index in [1.807, 2.05) is 0 Å². The maximum atomic E-state index is 12.0. The summed E-state index contributed by atoms with van der Waals surface area (Å²) in [5, 5.41) is 8.86. The van der Waals surface area contributed by atoms with Crippen molar-refractivity contribution < 1.29 is 18.3 Å². The molecule has 0 atom stereocenters. The molecule has 0 spiro atoms. The molecular formula is C12H13ClO4S. The van der Waals surface area contributed by atoms with E-state index in [-0.39, 0.29) is 28.0 Å². The lowest BCUT2D eigenvalue weighted by molar-refractivity contribution is -0.136. The van der Waals surface area contributed by atoms with Gasteiger partial charge in [-0.25, -0.2) is 8.42 Å². The van der Waals surface area contributed by atoms with E-state index in [4.69, 9.17) is 16.7 Å². The van der Waals surface area contributed by atoms with Crippen LogP contribution in [0.15, 0.2) is 23.1 Å². The smallest absolute Gasteiger partial charge is 0.307 e. The first-order chi connectivity index (χ1) is 8.38. The molecule has 1 aromatic rings. The molecule has 0 unspecified atom stereocenters. The van der Waals surface area contributed by atoms with Crippen LogP contribution in [-0.4, -0.2) is 25.2 Å². The van der Waals surface area contributed by atoms with Gasteiger partial charge in [-0.1, -0.05) is 17.7 Å². The van der Waals surface area contributed by atoms with Crippen molar-refractivity contribution in [3.8, 4) is 0 Å². The summed E-state index contributed by atoms with van der Waals surface area (Å²) in [6, 6.07) is 4.25. The van der Waals surface area contributed by atoms with E-state index >= 15 is 0 Å². The van der Waals surface area contributed by atoms with E-state index in [0.29, 0.717) is 5.56 Å². The van der Waals surface area contributed by atoms with Crippen molar-refractivity contribution in [1.29, 1.82) is 0 Å². The molecule has 1 aromatic carbocycles. The van der Waals surface area contributed by atoms with E-state index in [0.717, 1.165) is 12.8 Å². The second-order valence-electron chi connectivity index (χ2n) is 4.55. The van der Waals surface area contributed by atoms with Crippen LogP contribution in [0.2, 0.25) is 5.02 Å². The van der Waals surface area contributed by atoms with Crippen molar-refractivity contribution >= 4 is 27.4 Å². The van der Waals surface area contributed by atoms with Crippen molar-refractivity contribution in [3.63, 3.8) is 0 Å². The molecule has 0 bridgehead atoms. The highest BCUT2D eigenvalue weighted by Gasteiger charge is 2.29. The molecule has 0 radical (unpaired) electrons. The fourth-order valence-corrected chi connectivity index (χ4v) is 3.75. The second kappa shape index (κ2) is 4.90. The van der Waals surface area contributed by atoms with Gasteiger partial charge in [0.2, 0.25) is 0 Å². The van der Waals surface area contributed by atoms with Crippen molar-refractivity contribution in [2.75, 3.05) is 5.75 Å². The molecule has 18 heavy (non-hydrogen) atoms. The standard InChI is InChI=1S/C12H13ClO4S/c13-11-6-10(4-3-9(11)5-12(14)15)18(16,17)7-8-1-2-8/h3-4,6,8H,1-2,5,7H2,(H,14,15). The molecule has 0 heterocycles. The number of benzene rings is 1. The number of carboxylic acids is 1. The SMILES string of the molecule is O=C(O)Cc1ccc(S(=O)(=O)CC2CC2)cc1Cl. The summed E-state index contributed by atoms with van der Waals surface area (Å²) in [6.45, 7) is 0. The third-order valence-electron chi connectivity index (χ3n) is 2.88. The molecule has 4 nitrogen and oxygen atoms in total. The lowest BCUT2D eigenvalue weighted by atomic mass is 10.1. The van der Waals surface area contributed by atoms with Gasteiger partial charge in [-0.15, -0.1) is 0 Å². The Morgan fingerprint density at radius 2 is 2.06 bits per heavy atom. The monoisotopic (exact) mass is 288 g/mol. The van der Waals surface area contributed by atoms with E-state index < -0.39 is 15.8 Å². The van der Waals surface area contributed by atoms with Gasteiger partial charge in [-0.2, -0.15) is 0 Å². The predicted octanol–water partition coefficient (Wildman–Crippen LogP) is 2.15. The van der Waals surface area contributed by atoms with Crippen LogP contribution in [0.4, 0.5) is 0 Å². The van der Waals surface area contributed by atoms with E-state index in [1.54, 1.807) is 0 Å². The number of hydrogen-bond donors (Lipinski definition) is 1. The summed E-state index contributed by atoms with van der Waals surface area (Å²) in [6.07, 6.45) is 1.72. The minimum absolute atomic E-state index is 0.154. The molecule has 1 fully saturated rings. The summed E-state index contributed by atoms with van der Waals surface area (Å²) >= 11 is 5.90. The molecule has 6 heteroatoms. The third kappa shape index (κ3) is 3.23. The van der Waals surface area contributed by atoms with Crippen LogP contribution in [0.1, 0.15) is 18.4 Å². The van der Waals surface area contributed by atoms with Gasteiger partial charge in [0, 0.05) is 5.02 Å². The Morgan fingerprint density at radius 1 is 1.39 bits per heavy atom. The third-order valence-corrected chi connectivity index (χ3v) is 5.11. The first-order valence-corrected chi connectivity index (χ1v) is 7.64. The van der Waals surface area contributed by atoms with Gasteiger partial charge in [-0.05, 0) is 36.5 Å². The minimum Gasteiger partial charge on any atom is -0.481 e. The molecule has 2 rings (SSSR count). The summed E-state index contributed by atoms with van der Waals surface area (Å²) in [7, 11) is -3.30. The topological polar surface area (TPSA) is 71.4 Å². The normalized spacial score (nSPS) is 15.6. The van der Waals surface area contributed by atoms with Gasteiger partial charge < -0.3 is 5.11 Å². The molecule has 1 saturated carbocycles. The van der Waals surface area contributed by atoms with E-state index in [9.17, 15) is 13.2 Å². The highest BCUT2D eigenvalue weighted by atomic mass is 35.5. The molecular weight excluding hydrogens is 276 g/mol. The molecule has 0 amide bonds. The molecule has 1 N–H and O–H groups in total. The molecule has 0 aliphatic heterocycles. The number of hydrogen-bond acceptors (Lipinski definition) is 3. The van der Waals surface area contributed by atoms with Gasteiger partial charge in [0.1, 0.15) is 0 Å². The highest BCUT2D eigenvalue weighted by Crippen LogP contribution is 2.33. The van der Waals surface area contributed by atoms with Crippen LogP contribution in [0.5, 0.6) is 0 Å².